The average molecular weight is 347 g/mol. The zero-order valence-electron chi connectivity index (χ0n) is 15.6. The van der Waals surface area contributed by atoms with Gasteiger partial charge in [0.1, 0.15) is 5.60 Å². The van der Waals surface area contributed by atoms with Crippen LogP contribution in [-0.2, 0) is 21.5 Å². The molecule has 1 amide bonds. The lowest BCUT2D eigenvalue weighted by molar-refractivity contribution is -0.141. The van der Waals surface area contributed by atoms with E-state index in [1.807, 2.05) is 32.9 Å². The minimum Gasteiger partial charge on any atom is -0.444 e. The van der Waals surface area contributed by atoms with Crippen molar-refractivity contribution in [2.45, 2.75) is 70.2 Å². The highest BCUT2D eigenvalue weighted by atomic mass is 16.6. The van der Waals surface area contributed by atoms with E-state index in [2.05, 4.69) is 19.1 Å². The molecule has 1 N–H and O–H groups in total. The summed E-state index contributed by atoms with van der Waals surface area (Å²) in [5.41, 5.74) is 0.688. The van der Waals surface area contributed by atoms with Crippen LogP contribution >= 0.6 is 0 Å². The average Bonchev–Trinajstić information content (AvgIpc) is 2.52. The summed E-state index contributed by atoms with van der Waals surface area (Å²) in [6.07, 6.45) is 1.56. The third kappa shape index (κ3) is 3.82. The fourth-order valence-corrected chi connectivity index (χ4v) is 3.91. The van der Waals surface area contributed by atoms with Crippen LogP contribution in [0.2, 0.25) is 0 Å². The van der Waals surface area contributed by atoms with Gasteiger partial charge in [-0.25, -0.2) is 4.79 Å². The van der Waals surface area contributed by atoms with Gasteiger partial charge in [-0.15, -0.1) is 0 Å². The molecular weight excluding hydrogens is 318 g/mol. The van der Waals surface area contributed by atoms with Crippen LogP contribution in [0.1, 0.15) is 51.7 Å². The Morgan fingerprint density at radius 1 is 1.32 bits per heavy atom. The van der Waals surface area contributed by atoms with Crippen molar-refractivity contribution in [3.63, 3.8) is 0 Å². The zero-order chi connectivity index (χ0) is 18.2. The van der Waals surface area contributed by atoms with E-state index in [0.717, 1.165) is 12.0 Å². The summed E-state index contributed by atoms with van der Waals surface area (Å²) in [7, 11) is 0. The molecule has 0 saturated carbocycles. The summed E-state index contributed by atoms with van der Waals surface area (Å²) in [5.74, 6) is 0. The Bertz CT molecular complexity index is 623. The van der Waals surface area contributed by atoms with Crippen molar-refractivity contribution in [1.29, 1.82) is 0 Å². The minimum absolute atomic E-state index is 0.169. The smallest absolute Gasteiger partial charge is 0.410 e. The first-order chi connectivity index (χ1) is 11.7. The predicted molar refractivity (Wildman–Crippen MR) is 95.4 cm³/mol. The second kappa shape index (κ2) is 6.61. The Hall–Kier alpha value is -1.59. The van der Waals surface area contributed by atoms with Gasteiger partial charge in [-0.3, -0.25) is 4.90 Å². The molecule has 0 aliphatic carbocycles. The SMILES string of the molecule is CCc1cccc(C2(O)CC3COCC(C2)N3C(=O)OC(C)(C)C)c1. The number of morpholine rings is 1. The Morgan fingerprint density at radius 2 is 1.96 bits per heavy atom. The van der Waals surface area contributed by atoms with E-state index in [1.165, 1.54) is 5.56 Å². The third-order valence-corrected chi connectivity index (χ3v) is 5.03. The van der Waals surface area contributed by atoms with Crippen LogP contribution in [0.3, 0.4) is 0 Å². The van der Waals surface area contributed by atoms with Gasteiger partial charge < -0.3 is 14.6 Å². The number of fused-ring (bicyclic) bond motifs is 2. The van der Waals surface area contributed by atoms with E-state index in [-0.39, 0.29) is 18.2 Å². The second-order valence-corrected chi connectivity index (χ2v) is 8.23. The van der Waals surface area contributed by atoms with Gasteiger partial charge in [0, 0.05) is 12.8 Å². The summed E-state index contributed by atoms with van der Waals surface area (Å²) in [6.45, 7) is 8.59. The number of aryl methyl sites for hydroxylation is 1. The van der Waals surface area contributed by atoms with Crippen molar-refractivity contribution in [2.75, 3.05) is 13.2 Å². The van der Waals surface area contributed by atoms with E-state index in [1.54, 1.807) is 4.90 Å². The van der Waals surface area contributed by atoms with E-state index in [9.17, 15) is 9.90 Å². The summed E-state index contributed by atoms with van der Waals surface area (Å²) >= 11 is 0. The van der Waals surface area contributed by atoms with E-state index in [4.69, 9.17) is 9.47 Å². The van der Waals surface area contributed by atoms with Gasteiger partial charge in [0.25, 0.3) is 0 Å². The molecule has 2 atom stereocenters. The van der Waals surface area contributed by atoms with Crippen molar-refractivity contribution in [3.05, 3.63) is 35.4 Å². The number of hydrogen-bond donors (Lipinski definition) is 1. The first-order valence-electron chi connectivity index (χ1n) is 9.13. The highest BCUT2D eigenvalue weighted by Gasteiger charge is 2.49. The Kier molecular flexibility index (Phi) is 4.82. The Labute approximate surface area is 149 Å². The van der Waals surface area contributed by atoms with Crippen molar-refractivity contribution in [1.82, 2.24) is 4.90 Å². The first kappa shape index (κ1) is 18.2. The van der Waals surface area contributed by atoms with Crippen LogP contribution < -0.4 is 0 Å². The highest BCUT2D eigenvalue weighted by Crippen LogP contribution is 2.41. The van der Waals surface area contributed by atoms with E-state index >= 15 is 0 Å². The Balaban J connectivity index is 1.84. The van der Waals surface area contributed by atoms with Crippen molar-refractivity contribution in [2.24, 2.45) is 0 Å². The number of nitrogens with zero attached hydrogens (tertiary/aromatic N) is 1. The largest absolute Gasteiger partial charge is 0.444 e. The molecule has 1 aromatic rings. The van der Waals surface area contributed by atoms with Gasteiger partial charge in [0.05, 0.1) is 30.9 Å². The number of aliphatic hydroxyl groups is 1. The summed E-state index contributed by atoms with van der Waals surface area (Å²) in [5, 5.41) is 11.4. The Morgan fingerprint density at radius 3 is 2.52 bits per heavy atom. The van der Waals surface area contributed by atoms with Crippen LogP contribution in [0.15, 0.2) is 24.3 Å². The molecule has 3 rings (SSSR count). The van der Waals surface area contributed by atoms with Crippen LogP contribution in [-0.4, -0.2) is 47.0 Å². The summed E-state index contributed by atoms with van der Waals surface area (Å²) in [6, 6.07) is 7.81. The number of hydrogen-bond acceptors (Lipinski definition) is 4. The fourth-order valence-electron chi connectivity index (χ4n) is 3.91. The van der Waals surface area contributed by atoms with Crippen molar-refractivity contribution in [3.8, 4) is 0 Å². The lowest BCUT2D eigenvalue weighted by Gasteiger charge is -2.51. The van der Waals surface area contributed by atoms with Crippen LogP contribution in [0.25, 0.3) is 0 Å². The van der Waals surface area contributed by atoms with Gasteiger partial charge in [-0.2, -0.15) is 0 Å². The molecule has 2 bridgehead atoms. The molecule has 2 aliphatic rings. The minimum atomic E-state index is -0.928. The highest BCUT2D eigenvalue weighted by molar-refractivity contribution is 5.69. The van der Waals surface area contributed by atoms with Crippen LogP contribution in [0, 0.1) is 0 Å². The molecule has 0 spiro atoms. The maximum absolute atomic E-state index is 12.6. The summed E-state index contributed by atoms with van der Waals surface area (Å²) < 4.78 is 11.2. The zero-order valence-corrected chi connectivity index (χ0v) is 15.6. The summed E-state index contributed by atoms with van der Waals surface area (Å²) in [4.78, 5) is 14.4. The monoisotopic (exact) mass is 347 g/mol. The molecule has 2 unspecified atom stereocenters. The van der Waals surface area contributed by atoms with E-state index in [0.29, 0.717) is 26.1 Å². The molecule has 2 aliphatic heterocycles. The topological polar surface area (TPSA) is 59.0 Å². The van der Waals surface area contributed by atoms with Gasteiger partial charge in [-0.1, -0.05) is 31.2 Å². The van der Waals surface area contributed by atoms with Gasteiger partial charge in [-0.05, 0) is 38.3 Å². The van der Waals surface area contributed by atoms with E-state index < -0.39 is 11.2 Å². The molecule has 5 heteroatoms. The quantitative estimate of drug-likeness (QED) is 0.892. The molecule has 2 saturated heterocycles. The molecular formula is C20H29NO4. The predicted octanol–water partition coefficient (Wildman–Crippen LogP) is 3.23. The molecule has 25 heavy (non-hydrogen) atoms. The third-order valence-electron chi connectivity index (χ3n) is 5.03. The molecule has 2 heterocycles. The lowest BCUT2D eigenvalue weighted by atomic mass is 9.76. The number of amides is 1. The molecule has 5 nitrogen and oxygen atoms in total. The van der Waals surface area contributed by atoms with Gasteiger partial charge in [0.15, 0.2) is 0 Å². The maximum Gasteiger partial charge on any atom is 0.410 e. The number of rotatable bonds is 2. The van der Waals surface area contributed by atoms with Gasteiger partial charge >= 0.3 is 6.09 Å². The maximum atomic E-state index is 12.6. The second-order valence-electron chi connectivity index (χ2n) is 8.23. The molecule has 0 aromatic heterocycles. The number of benzene rings is 1. The standard InChI is InChI=1S/C20H29NO4/c1-5-14-7-6-8-15(9-14)20(23)10-16-12-24-13-17(11-20)21(16)18(22)25-19(2,3)4/h6-9,16-17,23H,5,10-13H2,1-4H3. The van der Waals surface area contributed by atoms with Crippen molar-refractivity contribution < 1.29 is 19.4 Å². The van der Waals surface area contributed by atoms with Crippen molar-refractivity contribution >= 4 is 6.09 Å². The molecule has 0 radical (unpaired) electrons. The molecule has 1 aromatic carbocycles. The van der Waals surface area contributed by atoms with Crippen LogP contribution in [0.4, 0.5) is 4.79 Å². The lowest BCUT2D eigenvalue weighted by Crippen LogP contribution is -2.63. The molecule has 2 fully saturated rings. The molecule has 138 valence electrons. The number of piperidine rings is 1. The number of ether oxygens (including phenoxy) is 2. The number of carbonyl (C=O) groups excluding carboxylic acids is 1. The van der Waals surface area contributed by atoms with Crippen LogP contribution in [0.5, 0.6) is 0 Å². The first-order valence-corrected chi connectivity index (χ1v) is 9.13. The van der Waals surface area contributed by atoms with Gasteiger partial charge in [0.2, 0.25) is 0 Å². The normalized spacial score (nSPS) is 29.4. The fraction of sp³-hybridized carbons (Fsp3) is 0.650. The number of carbonyl (C=O) groups is 1.